The van der Waals surface area contributed by atoms with Gasteiger partial charge in [0.25, 0.3) is 11.7 Å². The van der Waals surface area contributed by atoms with Gasteiger partial charge in [-0.1, -0.05) is 42.0 Å². The molecule has 1 unspecified atom stereocenters. The van der Waals surface area contributed by atoms with Crippen molar-refractivity contribution in [1.82, 2.24) is 4.90 Å². The topological polar surface area (TPSA) is 76.1 Å². The number of nitrogens with zero attached hydrogens (tertiary/aromatic N) is 1. The van der Waals surface area contributed by atoms with Gasteiger partial charge in [0.1, 0.15) is 11.5 Å². The first-order valence-electron chi connectivity index (χ1n) is 9.46. The first kappa shape index (κ1) is 20.6. The lowest BCUT2D eigenvalue weighted by molar-refractivity contribution is -0.140. The molecule has 6 nitrogen and oxygen atoms in total. The number of ketones is 1. The van der Waals surface area contributed by atoms with E-state index in [0.29, 0.717) is 36.4 Å². The van der Waals surface area contributed by atoms with Gasteiger partial charge in [-0.3, -0.25) is 9.59 Å². The number of carbonyl (C=O) groups excluding carboxylic acids is 2. The number of benzene rings is 2. The number of ether oxygens (including phenoxy) is 2. The summed E-state index contributed by atoms with van der Waals surface area (Å²) in [5, 5.41) is 11.0. The summed E-state index contributed by atoms with van der Waals surface area (Å²) in [5.41, 5.74) is 2.32. The number of amides is 1. The Morgan fingerprint density at radius 2 is 1.83 bits per heavy atom. The van der Waals surface area contributed by atoms with E-state index in [0.717, 1.165) is 5.56 Å². The highest BCUT2D eigenvalue weighted by Gasteiger charge is 2.45. The molecule has 6 heteroatoms. The molecule has 0 aromatic heterocycles. The minimum absolute atomic E-state index is 0.0875. The number of likely N-dealkylation sites (tertiary alicyclic amines) is 1. The van der Waals surface area contributed by atoms with Gasteiger partial charge in [-0.2, -0.15) is 0 Å². The lowest BCUT2D eigenvalue weighted by atomic mass is 9.95. The summed E-state index contributed by atoms with van der Waals surface area (Å²) < 4.78 is 10.4. The van der Waals surface area contributed by atoms with Crippen molar-refractivity contribution in [1.29, 1.82) is 0 Å². The van der Waals surface area contributed by atoms with Crippen molar-refractivity contribution in [2.45, 2.75) is 19.4 Å². The van der Waals surface area contributed by atoms with Crippen LogP contribution in [-0.2, 0) is 14.3 Å². The standard InChI is InChI=1S/C23H25NO5/c1-15-8-10-16(11-9-15)21(25)19-20(17-6-4-7-18(14-17)29-3)24(12-5-13-28-2)23(27)22(19)26/h4,6-11,14,20,25H,5,12-13H2,1-3H3/b21-19-. The Hall–Kier alpha value is -3.12. The summed E-state index contributed by atoms with van der Waals surface area (Å²) >= 11 is 0. The van der Waals surface area contributed by atoms with Crippen LogP contribution < -0.4 is 4.74 Å². The molecule has 1 aliphatic rings. The summed E-state index contributed by atoms with van der Waals surface area (Å²) in [6, 6.07) is 13.7. The van der Waals surface area contributed by atoms with E-state index in [9.17, 15) is 14.7 Å². The van der Waals surface area contributed by atoms with Gasteiger partial charge in [0.05, 0.1) is 18.7 Å². The third kappa shape index (κ3) is 4.17. The smallest absolute Gasteiger partial charge is 0.295 e. The number of hydrogen-bond donors (Lipinski definition) is 1. The fourth-order valence-electron chi connectivity index (χ4n) is 3.51. The largest absolute Gasteiger partial charge is 0.507 e. The fourth-order valence-corrected chi connectivity index (χ4v) is 3.51. The molecule has 2 aromatic rings. The van der Waals surface area contributed by atoms with Crippen molar-refractivity contribution in [3.8, 4) is 5.75 Å². The second-order valence-electron chi connectivity index (χ2n) is 6.98. The summed E-state index contributed by atoms with van der Waals surface area (Å²) in [5.74, 6) is -0.873. The van der Waals surface area contributed by atoms with E-state index in [1.165, 1.54) is 4.90 Å². The Bertz CT molecular complexity index is 933. The minimum Gasteiger partial charge on any atom is -0.507 e. The fraction of sp³-hybridized carbons (Fsp3) is 0.304. The SMILES string of the molecule is COCCCN1C(=O)C(=O)/C(=C(\O)c2ccc(C)cc2)C1c1cccc(OC)c1. The summed E-state index contributed by atoms with van der Waals surface area (Å²) in [7, 11) is 3.14. The van der Waals surface area contributed by atoms with E-state index >= 15 is 0 Å². The molecule has 1 aliphatic heterocycles. The molecule has 2 aromatic carbocycles. The molecule has 3 rings (SSSR count). The van der Waals surface area contributed by atoms with Crippen LogP contribution in [0.2, 0.25) is 0 Å². The molecule has 0 aliphatic carbocycles. The monoisotopic (exact) mass is 395 g/mol. The maximum Gasteiger partial charge on any atom is 0.295 e. The van der Waals surface area contributed by atoms with Crippen molar-refractivity contribution in [3.05, 3.63) is 70.8 Å². The highest BCUT2D eigenvalue weighted by Crippen LogP contribution is 2.40. The van der Waals surface area contributed by atoms with Gasteiger partial charge in [0.2, 0.25) is 0 Å². The first-order chi connectivity index (χ1) is 14.0. The van der Waals surface area contributed by atoms with Gasteiger partial charge in [0.15, 0.2) is 0 Å². The number of aryl methyl sites for hydroxylation is 1. The highest BCUT2D eigenvalue weighted by atomic mass is 16.5. The zero-order valence-electron chi connectivity index (χ0n) is 16.8. The Kier molecular flexibility index (Phi) is 6.34. The molecule has 0 radical (unpaired) electrons. The van der Waals surface area contributed by atoms with Crippen LogP contribution in [0.1, 0.15) is 29.2 Å². The number of aliphatic hydroxyl groups excluding tert-OH is 1. The summed E-state index contributed by atoms with van der Waals surface area (Å²) in [4.78, 5) is 27.2. The second kappa shape index (κ2) is 8.92. The lowest BCUT2D eigenvalue weighted by Crippen LogP contribution is -2.31. The number of Topliss-reactive ketones (excluding diaryl/α,β-unsaturated/α-hetero) is 1. The third-order valence-electron chi connectivity index (χ3n) is 5.02. The molecule has 1 atom stereocenters. The quantitative estimate of drug-likeness (QED) is 0.336. The highest BCUT2D eigenvalue weighted by molar-refractivity contribution is 6.46. The Morgan fingerprint density at radius 3 is 2.48 bits per heavy atom. The van der Waals surface area contributed by atoms with Gasteiger partial charge >= 0.3 is 0 Å². The van der Waals surface area contributed by atoms with E-state index in [1.54, 1.807) is 44.6 Å². The van der Waals surface area contributed by atoms with E-state index in [-0.39, 0.29) is 11.3 Å². The number of methoxy groups -OCH3 is 2. The van der Waals surface area contributed by atoms with E-state index < -0.39 is 17.7 Å². The molecule has 0 saturated carbocycles. The predicted molar refractivity (Wildman–Crippen MR) is 110 cm³/mol. The minimum atomic E-state index is -0.691. The van der Waals surface area contributed by atoms with Gasteiger partial charge in [-0.05, 0) is 31.0 Å². The molecular weight excluding hydrogens is 370 g/mol. The zero-order valence-corrected chi connectivity index (χ0v) is 16.8. The van der Waals surface area contributed by atoms with Gasteiger partial charge < -0.3 is 19.5 Å². The van der Waals surface area contributed by atoms with Crippen LogP contribution in [0.3, 0.4) is 0 Å². The molecule has 0 bridgehead atoms. The molecule has 1 amide bonds. The first-order valence-corrected chi connectivity index (χ1v) is 9.46. The maximum absolute atomic E-state index is 12.9. The lowest BCUT2D eigenvalue weighted by Gasteiger charge is -2.25. The van der Waals surface area contributed by atoms with Crippen molar-refractivity contribution in [2.24, 2.45) is 0 Å². The molecular formula is C23H25NO5. The third-order valence-corrected chi connectivity index (χ3v) is 5.02. The number of rotatable bonds is 7. The normalized spacial score (nSPS) is 18.3. The summed E-state index contributed by atoms with van der Waals surface area (Å²) in [6.07, 6.45) is 0.578. The Labute approximate surface area is 170 Å². The maximum atomic E-state index is 12.9. The van der Waals surface area contributed by atoms with Crippen molar-refractivity contribution < 1.29 is 24.2 Å². The predicted octanol–water partition coefficient (Wildman–Crippen LogP) is 3.46. The van der Waals surface area contributed by atoms with Gasteiger partial charge in [0, 0.05) is 25.8 Å². The molecule has 0 spiro atoms. The number of carbonyl (C=O) groups is 2. The molecule has 152 valence electrons. The van der Waals surface area contributed by atoms with Crippen molar-refractivity contribution in [2.75, 3.05) is 27.4 Å². The number of aliphatic hydroxyl groups is 1. The van der Waals surface area contributed by atoms with Crippen LogP contribution in [-0.4, -0.2) is 49.1 Å². The Balaban J connectivity index is 2.12. The van der Waals surface area contributed by atoms with Crippen LogP contribution in [0.25, 0.3) is 5.76 Å². The molecule has 1 fully saturated rings. The van der Waals surface area contributed by atoms with E-state index in [2.05, 4.69) is 0 Å². The van der Waals surface area contributed by atoms with Crippen LogP contribution in [0, 0.1) is 6.92 Å². The second-order valence-corrected chi connectivity index (χ2v) is 6.98. The number of hydrogen-bond acceptors (Lipinski definition) is 5. The summed E-state index contributed by atoms with van der Waals surface area (Å²) in [6.45, 7) is 2.74. The molecule has 1 heterocycles. The van der Waals surface area contributed by atoms with Gasteiger partial charge in [-0.25, -0.2) is 0 Å². The average Bonchev–Trinajstić information content (AvgIpc) is 2.99. The van der Waals surface area contributed by atoms with Crippen LogP contribution in [0.15, 0.2) is 54.1 Å². The molecule has 1 saturated heterocycles. The Morgan fingerprint density at radius 1 is 1.10 bits per heavy atom. The van der Waals surface area contributed by atoms with Crippen LogP contribution >= 0.6 is 0 Å². The molecule has 1 N–H and O–H groups in total. The van der Waals surface area contributed by atoms with Crippen molar-refractivity contribution in [3.63, 3.8) is 0 Å². The van der Waals surface area contributed by atoms with Crippen molar-refractivity contribution >= 4 is 17.4 Å². The molecule has 29 heavy (non-hydrogen) atoms. The van der Waals surface area contributed by atoms with Gasteiger partial charge in [-0.15, -0.1) is 0 Å². The van der Waals surface area contributed by atoms with Crippen LogP contribution in [0.5, 0.6) is 5.75 Å². The van der Waals surface area contributed by atoms with E-state index in [1.807, 2.05) is 25.1 Å². The van der Waals surface area contributed by atoms with Crippen LogP contribution in [0.4, 0.5) is 0 Å². The average molecular weight is 395 g/mol. The van der Waals surface area contributed by atoms with E-state index in [4.69, 9.17) is 9.47 Å². The zero-order chi connectivity index (χ0) is 21.0.